The minimum absolute atomic E-state index is 0.324. The third-order valence-corrected chi connectivity index (χ3v) is 3.00. The molecule has 0 saturated carbocycles. The average Bonchev–Trinajstić information content (AvgIpc) is 2.36. The van der Waals surface area contributed by atoms with Gasteiger partial charge in [-0.05, 0) is 31.0 Å². The van der Waals surface area contributed by atoms with Gasteiger partial charge in [0.25, 0.3) is 0 Å². The minimum atomic E-state index is 0.324. The van der Waals surface area contributed by atoms with Crippen LogP contribution in [0.2, 0.25) is 0 Å². The van der Waals surface area contributed by atoms with Crippen LogP contribution in [0.3, 0.4) is 0 Å². The van der Waals surface area contributed by atoms with Crippen molar-refractivity contribution in [3.63, 3.8) is 0 Å². The average molecular weight is 237 g/mol. The van der Waals surface area contributed by atoms with Crippen molar-refractivity contribution in [1.29, 1.82) is 0 Å². The predicted molar refractivity (Wildman–Crippen MR) is 70.5 cm³/mol. The van der Waals surface area contributed by atoms with Crippen molar-refractivity contribution in [2.45, 2.75) is 45.7 Å². The summed E-state index contributed by atoms with van der Waals surface area (Å²) >= 11 is 0. The highest BCUT2D eigenvalue weighted by Gasteiger charge is 2.07. The topological polar surface area (TPSA) is 41.5 Å². The van der Waals surface area contributed by atoms with E-state index in [1.807, 2.05) is 6.07 Å². The summed E-state index contributed by atoms with van der Waals surface area (Å²) in [7, 11) is 1.63. The fraction of sp³-hybridized carbons (Fsp3) is 0.571. The van der Waals surface area contributed by atoms with E-state index in [0.717, 1.165) is 17.7 Å². The van der Waals surface area contributed by atoms with Crippen molar-refractivity contribution in [1.82, 2.24) is 5.32 Å². The highest BCUT2D eigenvalue weighted by molar-refractivity contribution is 5.39. The molecule has 3 nitrogen and oxygen atoms in total. The van der Waals surface area contributed by atoms with Gasteiger partial charge in [-0.1, -0.05) is 20.3 Å². The summed E-state index contributed by atoms with van der Waals surface area (Å²) in [5.74, 6) is 1.10. The summed E-state index contributed by atoms with van der Waals surface area (Å²) in [5, 5.41) is 13.2. The molecule has 1 atom stereocenters. The van der Waals surface area contributed by atoms with E-state index < -0.39 is 0 Å². The number of methoxy groups -OCH3 is 1. The molecule has 0 fully saturated rings. The zero-order valence-electron chi connectivity index (χ0n) is 11.0. The van der Waals surface area contributed by atoms with Gasteiger partial charge >= 0.3 is 0 Å². The van der Waals surface area contributed by atoms with Crippen molar-refractivity contribution in [2.24, 2.45) is 0 Å². The smallest absolute Gasteiger partial charge is 0.120 e. The molecule has 0 amide bonds. The third-order valence-electron chi connectivity index (χ3n) is 3.00. The van der Waals surface area contributed by atoms with Crippen LogP contribution < -0.4 is 10.1 Å². The molecule has 3 heteroatoms. The number of phenolic OH excluding ortho intramolecular Hbond substituents is 1. The van der Waals surface area contributed by atoms with Gasteiger partial charge in [-0.15, -0.1) is 0 Å². The molecule has 1 unspecified atom stereocenters. The maximum Gasteiger partial charge on any atom is 0.120 e. The molecule has 1 aromatic rings. The van der Waals surface area contributed by atoms with Crippen LogP contribution in [0.1, 0.15) is 38.7 Å². The third kappa shape index (κ3) is 4.27. The number of hydrogen-bond acceptors (Lipinski definition) is 3. The Morgan fingerprint density at radius 1 is 1.35 bits per heavy atom. The maximum absolute atomic E-state index is 9.75. The fourth-order valence-electron chi connectivity index (χ4n) is 1.88. The van der Waals surface area contributed by atoms with E-state index in [1.165, 1.54) is 12.8 Å². The van der Waals surface area contributed by atoms with Crippen LogP contribution in [0.5, 0.6) is 11.5 Å². The summed E-state index contributed by atoms with van der Waals surface area (Å²) in [4.78, 5) is 0. The minimum Gasteiger partial charge on any atom is -0.508 e. The number of phenols is 1. The number of nitrogens with one attached hydrogen (secondary N) is 1. The van der Waals surface area contributed by atoms with Crippen molar-refractivity contribution >= 4 is 0 Å². The largest absolute Gasteiger partial charge is 0.508 e. The normalized spacial score (nSPS) is 12.4. The molecule has 1 rings (SSSR count). The second kappa shape index (κ2) is 7.17. The first-order chi connectivity index (χ1) is 8.21. The lowest BCUT2D eigenvalue weighted by Crippen LogP contribution is -2.27. The van der Waals surface area contributed by atoms with Crippen LogP contribution in [0, 0.1) is 0 Å². The molecule has 0 radical (unpaired) electrons. The summed E-state index contributed by atoms with van der Waals surface area (Å²) < 4.78 is 5.15. The zero-order chi connectivity index (χ0) is 12.7. The zero-order valence-corrected chi connectivity index (χ0v) is 11.0. The summed E-state index contributed by atoms with van der Waals surface area (Å²) in [6, 6.07) is 5.84. The molecule has 0 aliphatic heterocycles. The first-order valence-electron chi connectivity index (χ1n) is 6.30. The predicted octanol–water partition coefficient (Wildman–Crippen LogP) is 3.07. The van der Waals surface area contributed by atoms with E-state index in [-0.39, 0.29) is 0 Å². The molecule has 2 N–H and O–H groups in total. The molecule has 0 aliphatic carbocycles. The molecule has 0 aromatic heterocycles. The first-order valence-corrected chi connectivity index (χ1v) is 6.30. The Morgan fingerprint density at radius 2 is 2.12 bits per heavy atom. The quantitative estimate of drug-likeness (QED) is 0.765. The summed E-state index contributed by atoms with van der Waals surface area (Å²) in [6.07, 6.45) is 3.45. The Labute approximate surface area is 104 Å². The van der Waals surface area contributed by atoms with E-state index in [1.54, 1.807) is 19.2 Å². The molecule has 0 bridgehead atoms. The molecule has 1 aromatic carbocycles. The van der Waals surface area contributed by atoms with Crippen molar-refractivity contribution in [3.8, 4) is 11.5 Å². The number of aromatic hydroxyl groups is 1. The van der Waals surface area contributed by atoms with Crippen LogP contribution in [0.25, 0.3) is 0 Å². The number of rotatable bonds is 7. The van der Waals surface area contributed by atoms with Gasteiger partial charge < -0.3 is 15.2 Å². The SMILES string of the molecule is CCCC(CC)NCc1cc(OC)ccc1O. The van der Waals surface area contributed by atoms with Crippen LogP contribution in [-0.2, 0) is 6.54 Å². The van der Waals surface area contributed by atoms with Crippen LogP contribution >= 0.6 is 0 Å². The second-order valence-electron chi connectivity index (χ2n) is 4.27. The Bertz CT molecular complexity index is 339. The van der Waals surface area contributed by atoms with Gasteiger partial charge in [-0.25, -0.2) is 0 Å². The van der Waals surface area contributed by atoms with Crippen LogP contribution in [0.4, 0.5) is 0 Å². The van der Waals surface area contributed by atoms with Gasteiger partial charge in [0.15, 0.2) is 0 Å². The second-order valence-corrected chi connectivity index (χ2v) is 4.27. The lowest BCUT2D eigenvalue weighted by molar-refractivity contribution is 0.407. The summed E-state index contributed by atoms with van der Waals surface area (Å²) in [5.41, 5.74) is 0.888. The standard InChI is InChI=1S/C14H23NO2/c1-4-6-12(5-2)15-10-11-9-13(17-3)7-8-14(11)16/h7-9,12,15-16H,4-6,10H2,1-3H3. The first kappa shape index (κ1) is 13.8. The van der Waals surface area contributed by atoms with E-state index in [4.69, 9.17) is 4.74 Å². The molecule has 17 heavy (non-hydrogen) atoms. The van der Waals surface area contributed by atoms with Crippen molar-refractivity contribution in [2.75, 3.05) is 7.11 Å². The molecular weight excluding hydrogens is 214 g/mol. The molecular formula is C14H23NO2. The van der Waals surface area contributed by atoms with Gasteiger partial charge in [0.1, 0.15) is 11.5 Å². The lowest BCUT2D eigenvalue weighted by atomic mass is 10.1. The van der Waals surface area contributed by atoms with Crippen LogP contribution in [-0.4, -0.2) is 18.3 Å². The highest BCUT2D eigenvalue weighted by Crippen LogP contribution is 2.22. The van der Waals surface area contributed by atoms with E-state index in [9.17, 15) is 5.11 Å². The van der Waals surface area contributed by atoms with Gasteiger partial charge in [0.05, 0.1) is 7.11 Å². The van der Waals surface area contributed by atoms with Crippen molar-refractivity contribution < 1.29 is 9.84 Å². The fourth-order valence-corrected chi connectivity index (χ4v) is 1.88. The Hall–Kier alpha value is -1.22. The molecule has 96 valence electrons. The van der Waals surface area contributed by atoms with Gasteiger partial charge in [0.2, 0.25) is 0 Å². The highest BCUT2D eigenvalue weighted by atomic mass is 16.5. The molecule has 0 aliphatic rings. The lowest BCUT2D eigenvalue weighted by Gasteiger charge is -2.16. The Kier molecular flexibility index (Phi) is 5.84. The molecule has 0 heterocycles. The van der Waals surface area contributed by atoms with E-state index >= 15 is 0 Å². The van der Waals surface area contributed by atoms with Gasteiger partial charge in [-0.3, -0.25) is 0 Å². The number of benzene rings is 1. The Morgan fingerprint density at radius 3 is 2.71 bits per heavy atom. The summed E-state index contributed by atoms with van der Waals surface area (Å²) in [6.45, 7) is 5.05. The van der Waals surface area contributed by atoms with Gasteiger partial charge in [-0.2, -0.15) is 0 Å². The monoisotopic (exact) mass is 237 g/mol. The van der Waals surface area contributed by atoms with E-state index in [2.05, 4.69) is 19.2 Å². The molecule has 0 spiro atoms. The number of ether oxygens (including phenoxy) is 1. The molecule has 0 saturated heterocycles. The van der Waals surface area contributed by atoms with E-state index in [0.29, 0.717) is 18.3 Å². The van der Waals surface area contributed by atoms with Crippen LogP contribution in [0.15, 0.2) is 18.2 Å². The number of hydrogen-bond donors (Lipinski definition) is 2. The van der Waals surface area contributed by atoms with Crippen molar-refractivity contribution in [3.05, 3.63) is 23.8 Å². The van der Waals surface area contributed by atoms with Gasteiger partial charge in [0, 0.05) is 18.2 Å². The maximum atomic E-state index is 9.75. The Balaban J connectivity index is 2.60.